The molecule has 10 heavy (non-hydrogen) atoms. The molecule has 0 saturated carbocycles. The van der Waals surface area contributed by atoms with Gasteiger partial charge in [-0.05, 0) is 13.2 Å². The molecule has 0 radical (unpaired) electrons. The van der Waals surface area contributed by atoms with Crippen LogP contribution >= 0.6 is 11.8 Å². The van der Waals surface area contributed by atoms with Crippen molar-refractivity contribution in [1.29, 1.82) is 0 Å². The smallest absolute Gasteiger partial charge is 0.0613 e. The largest absolute Gasteiger partial charge is 0.383 e. The predicted octanol–water partition coefficient (Wildman–Crippen LogP) is 0.974. The molecule has 0 aliphatic rings. The summed E-state index contributed by atoms with van der Waals surface area (Å²) in [5.74, 6) is 1.17. The Labute approximate surface area is 67.7 Å². The summed E-state index contributed by atoms with van der Waals surface area (Å²) in [6, 6.07) is 0.483. The highest BCUT2D eigenvalue weighted by Crippen LogP contribution is 1.88. The third-order valence-corrected chi connectivity index (χ3v) is 1.83. The second-order valence-corrected chi connectivity index (χ2v) is 3.29. The molecule has 0 saturated heterocycles. The summed E-state index contributed by atoms with van der Waals surface area (Å²) >= 11 is 1.86. The first-order valence-electron chi connectivity index (χ1n) is 3.52. The van der Waals surface area contributed by atoms with Crippen molar-refractivity contribution in [2.75, 3.05) is 32.3 Å². The molecule has 3 heteroatoms. The number of nitrogens with one attached hydrogen (secondary N) is 1. The fraction of sp³-hybridized carbons (Fsp3) is 1.00. The molecule has 0 aromatic heterocycles. The predicted molar refractivity (Wildman–Crippen MR) is 47.7 cm³/mol. The van der Waals surface area contributed by atoms with E-state index in [0.29, 0.717) is 6.04 Å². The highest BCUT2D eigenvalue weighted by molar-refractivity contribution is 7.98. The summed E-state index contributed by atoms with van der Waals surface area (Å²) in [7, 11) is 1.73. The lowest BCUT2D eigenvalue weighted by atomic mass is 10.4. The second kappa shape index (κ2) is 7.38. The Hall–Kier alpha value is 0.270. The van der Waals surface area contributed by atoms with Crippen molar-refractivity contribution < 1.29 is 4.74 Å². The van der Waals surface area contributed by atoms with Crippen LogP contribution in [0, 0.1) is 0 Å². The van der Waals surface area contributed by atoms with Crippen LogP contribution < -0.4 is 5.32 Å². The topological polar surface area (TPSA) is 21.3 Å². The number of rotatable bonds is 6. The second-order valence-electron chi connectivity index (χ2n) is 2.30. The van der Waals surface area contributed by atoms with Crippen molar-refractivity contribution in [1.82, 2.24) is 5.32 Å². The van der Waals surface area contributed by atoms with Crippen LogP contribution in [0.1, 0.15) is 6.92 Å². The molecule has 0 aromatic rings. The van der Waals surface area contributed by atoms with Gasteiger partial charge in [0.05, 0.1) is 6.61 Å². The van der Waals surface area contributed by atoms with Crippen molar-refractivity contribution in [3.8, 4) is 0 Å². The summed E-state index contributed by atoms with van der Waals surface area (Å²) in [5, 5.41) is 3.34. The fourth-order valence-corrected chi connectivity index (χ4v) is 1.04. The van der Waals surface area contributed by atoms with E-state index in [4.69, 9.17) is 4.74 Å². The van der Waals surface area contributed by atoms with E-state index in [1.807, 2.05) is 11.8 Å². The molecule has 0 amide bonds. The Morgan fingerprint density at radius 1 is 1.60 bits per heavy atom. The molecule has 0 spiro atoms. The molecule has 0 aromatic carbocycles. The number of ether oxygens (including phenoxy) is 1. The maximum atomic E-state index is 4.96. The zero-order valence-corrected chi connectivity index (χ0v) is 7.83. The standard InChI is InChI=1S/C7H17NOS/c1-7(6-9-2)8-4-5-10-3/h7-8H,4-6H2,1-3H3. The molecular weight excluding hydrogens is 146 g/mol. The van der Waals surface area contributed by atoms with Crippen molar-refractivity contribution in [3.63, 3.8) is 0 Å². The minimum atomic E-state index is 0.483. The van der Waals surface area contributed by atoms with Gasteiger partial charge >= 0.3 is 0 Å². The molecule has 1 unspecified atom stereocenters. The van der Waals surface area contributed by atoms with Gasteiger partial charge in [0.25, 0.3) is 0 Å². The molecule has 0 heterocycles. The fourth-order valence-electron chi connectivity index (χ4n) is 0.716. The molecular formula is C7H17NOS. The quantitative estimate of drug-likeness (QED) is 0.590. The minimum Gasteiger partial charge on any atom is -0.383 e. The van der Waals surface area contributed by atoms with Crippen LogP contribution in [-0.4, -0.2) is 38.3 Å². The highest BCUT2D eigenvalue weighted by Gasteiger charge is 1.96. The summed E-state index contributed by atoms with van der Waals surface area (Å²) in [5.41, 5.74) is 0. The molecule has 0 rings (SSSR count). The lowest BCUT2D eigenvalue weighted by Crippen LogP contribution is -2.31. The molecule has 1 N–H and O–H groups in total. The van der Waals surface area contributed by atoms with Crippen LogP contribution in [0.5, 0.6) is 0 Å². The Morgan fingerprint density at radius 3 is 2.80 bits per heavy atom. The van der Waals surface area contributed by atoms with E-state index in [0.717, 1.165) is 13.2 Å². The lowest BCUT2D eigenvalue weighted by molar-refractivity contribution is 0.173. The Bertz CT molecular complexity index is 70.6. The van der Waals surface area contributed by atoms with Gasteiger partial charge in [-0.1, -0.05) is 0 Å². The molecule has 62 valence electrons. The average Bonchev–Trinajstić information content (AvgIpc) is 1.89. The van der Waals surface area contributed by atoms with Crippen molar-refractivity contribution in [3.05, 3.63) is 0 Å². The maximum Gasteiger partial charge on any atom is 0.0613 e. The van der Waals surface area contributed by atoms with Crippen molar-refractivity contribution >= 4 is 11.8 Å². The van der Waals surface area contributed by atoms with Gasteiger partial charge in [0.1, 0.15) is 0 Å². The van der Waals surface area contributed by atoms with Crippen LogP contribution in [0.15, 0.2) is 0 Å². The van der Waals surface area contributed by atoms with Crippen LogP contribution in [0.2, 0.25) is 0 Å². The van der Waals surface area contributed by atoms with Gasteiger partial charge in [-0.2, -0.15) is 11.8 Å². The van der Waals surface area contributed by atoms with Gasteiger partial charge in [-0.15, -0.1) is 0 Å². The summed E-state index contributed by atoms with van der Waals surface area (Å²) in [6.07, 6.45) is 2.11. The van der Waals surface area contributed by atoms with Gasteiger partial charge in [0.2, 0.25) is 0 Å². The van der Waals surface area contributed by atoms with E-state index >= 15 is 0 Å². The number of hydrogen-bond acceptors (Lipinski definition) is 3. The zero-order valence-electron chi connectivity index (χ0n) is 7.02. The minimum absolute atomic E-state index is 0.483. The molecule has 1 atom stereocenters. The molecule has 0 aliphatic heterocycles. The van der Waals surface area contributed by atoms with Gasteiger partial charge in [0.15, 0.2) is 0 Å². The van der Waals surface area contributed by atoms with Crippen molar-refractivity contribution in [2.24, 2.45) is 0 Å². The van der Waals surface area contributed by atoms with Gasteiger partial charge in [-0.3, -0.25) is 0 Å². The Balaban J connectivity index is 2.97. The lowest BCUT2D eigenvalue weighted by Gasteiger charge is -2.11. The number of hydrogen-bond donors (Lipinski definition) is 1. The van der Waals surface area contributed by atoms with Gasteiger partial charge in [0, 0.05) is 25.4 Å². The Morgan fingerprint density at radius 2 is 2.30 bits per heavy atom. The first kappa shape index (κ1) is 10.3. The van der Waals surface area contributed by atoms with Crippen LogP contribution in [0.25, 0.3) is 0 Å². The summed E-state index contributed by atoms with van der Waals surface area (Å²) in [4.78, 5) is 0. The third-order valence-electron chi connectivity index (χ3n) is 1.22. The van der Waals surface area contributed by atoms with E-state index in [1.54, 1.807) is 7.11 Å². The van der Waals surface area contributed by atoms with Crippen molar-refractivity contribution in [2.45, 2.75) is 13.0 Å². The molecule has 0 fully saturated rings. The average molecular weight is 163 g/mol. The van der Waals surface area contributed by atoms with E-state index < -0.39 is 0 Å². The molecule has 0 aliphatic carbocycles. The van der Waals surface area contributed by atoms with Gasteiger partial charge < -0.3 is 10.1 Å². The SMILES string of the molecule is COCC(C)NCCSC. The normalized spacial score (nSPS) is 13.5. The van der Waals surface area contributed by atoms with Crippen LogP contribution in [0.3, 0.4) is 0 Å². The van der Waals surface area contributed by atoms with E-state index in [9.17, 15) is 0 Å². The molecule has 0 bridgehead atoms. The molecule has 2 nitrogen and oxygen atoms in total. The zero-order chi connectivity index (χ0) is 7.82. The number of thioether (sulfide) groups is 1. The first-order valence-corrected chi connectivity index (χ1v) is 4.92. The van der Waals surface area contributed by atoms with Crippen LogP contribution in [0.4, 0.5) is 0 Å². The van der Waals surface area contributed by atoms with E-state index in [-0.39, 0.29) is 0 Å². The Kier molecular flexibility index (Phi) is 7.58. The van der Waals surface area contributed by atoms with E-state index in [1.165, 1.54) is 5.75 Å². The monoisotopic (exact) mass is 163 g/mol. The number of methoxy groups -OCH3 is 1. The summed E-state index contributed by atoms with van der Waals surface area (Å²) < 4.78 is 4.96. The van der Waals surface area contributed by atoms with Crippen LogP contribution in [-0.2, 0) is 4.74 Å². The highest BCUT2D eigenvalue weighted by atomic mass is 32.2. The third kappa shape index (κ3) is 6.39. The van der Waals surface area contributed by atoms with E-state index in [2.05, 4.69) is 18.5 Å². The first-order chi connectivity index (χ1) is 4.81. The van der Waals surface area contributed by atoms with Gasteiger partial charge in [-0.25, -0.2) is 0 Å². The maximum absolute atomic E-state index is 4.96. The summed E-state index contributed by atoms with van der Waals surface area (Å²) in [6.45, 7) is 4.00.